The van der Waals surface area contributed by atoms with Crippen LogP contribution in [-0.2, 0) is 0 Å². The molecule has 0 saturated carbocycles. The Morgan fingerprint density at radius 3 is 2.33 bits per heavy atom. The van der Waals surface area contributed by atoms with Gasteiger partial charge in [-0.1, -0.05) is 46.9 Å². The van der Waals surface area contributed by atoms with Crippen molar-refractivity contribution in [3.05, 3.63) is 42.2 Å². The lowest BCUT2D eigenvalue weighted by Gasteiger charge is -2.03. The van der Waals surface area contributed by atoms with E-state index in [9.17, 15) is 0 Å². The smallest absolute Gasteiger partial charge is 0.152 e. The molecule has 0 bridgehead atoms. The van der Waals surface area contributed by atoms with E-state index in [0.717, 1.165) is 15.2 Å². The van der Waals surface area contributed by atoms with Crippen molar-refractivity contribution in [2.24, 2.45) is 0 Å². The van der Waals surface area contributed by atoms with Crippen molar-refractivity contribution in [1.29, 1.82) is 0 Å². The second kappa shape index (κ2) is 4.57. The van der Waals surface area contributed by atoms with E-state index in [4.69, 9.17) is 39.2 Å². The maximum atomic E-state index is 6.26. The topological polar surface area (TPSA) is 13.1 Å². The van der Waals surface area contributed by atoms with E-state index in [2.05, 4.69) is 31.9 Å². The molecule has 0 fully saturated rings. The highest BCUT2D eigenvalue weighted by Crippen LogP contribution is 2.47. The lowest BCUT2D eigenvalue weighted by Crippen LogP contribution is -1.77. The predicted octanol–water partition coefficient (Wildman–Crippen LogP) is 7.07. The summed E-state index contributed by atoms with van der Waals surface area (Å²) in [6.45, 7) is 0. The fourth-order valence-electron chi connectivity index (χ4n) is 1.86. The van der Waals surface area contributed by atoms with Gasteiger partial charge < -0.3 is 4.42 Å². The SMILES string of the molecule is Clc1c(Cl)c(Cl)c2c(oc3c(Br)cccc32)c1Br. The molecule has 0 aliphatic carbocycles. The Hall–Kier alpha value is 0.0700. The summed E-state index contributed by atoms with van der Waals surface area (Å²) >= 11 is 25.3. The molecule has 92 valence electrons. The molecule has 0 radical (unpaired) electrons. The van der Waals surface area contributed by atoms with Gasteiger partial charge >= 0.3 is 0 Å². The third-order valence-electron chi connectivity index (χ3n) is 2.66. The minimum Gasteiger partial charge on any atom is -0.454 e. The molecular formula is C12H3Br2Cl3O. The van der Waals surface area contributed by atoms with Crippen LogP contribution in [0, 0.1) is 0 Å². The van der Waals surface area contributed by atoms with Crippen LogP contribution in [0.3, 0.4) is 0 Å². The first kappa shape index (κ1) is 13.1. The zero-order valence-corrected chi connectivity index (χ0v) is 14.0. The zero-order valence-electron chi connectivity index (χ0n) is 8.53. The van der Waals surface area contributed by atoms with Gasteiger partial charge in [0, 0.05) is 10.8 Å². The van der Waals surface area contributed by atoms with Crippen LogP contribution in [0.2, 0.25) is 15.1 Å². The molecule has 6 heteroatoms. The molecule has 18 heavy (non-hydrogen) atoms. The molecule has 0 amide bonds. The second-order valence-corrected chi connectivity index (χ2v) is 6.46. The Balaban J connectivity index is 2.67. The quantitative estimate of drug-likeness (QED) is 0.275. The standard InChI is InChI=1S/C12H3Br2Cl3O/c13-5-3-1-2-4-6-8(15)10(17)9(16)7(14)12(6)18-11(4)5/h1-3H. The largest absolute Gasteiger partial charge is 0.454 e. The highest BCUT2D eigenvalue weighted by Gasteiger charge is 2.21. The Morgan fingerprint density at radius 2 is 1.61 bits per heavy atom. The van der Waals surface area contributed by atoms with Gasteiger partial charge in [0.25, 0.3) is 0 Å². The van der Waals surface area contributed by atoms with E-state index in [1.165, 1.54) is 0 Å². The number of para-hydroxylation sites is 1. The molecule has 3 aromatic rings. The van der Waals surface area contributed by atoms with Crippen LogP contribution >= 0.6 is 66.7 Å². The summed E-state index contributed by atoms with van der Waals surface area (Å²) < 4.78 is 7.27. The average molecular weight is 429 g/mol. The molecule has 0 unspecified atom stereocenters. The fraction of sp³-hybridized carbons (Fsp3) is 0. The Bertz CT molecular complexity index is 795. The molecule has 0 saturated heterocycles. The summed E-state index contributed by atoms with van der Waals surface area (Å²) in [5.41, 5.74) is 1.31. The van der Waals surface area contributed by atoms with E-state index in [1.807, 2.05) is 18.2 Å². The van der Waals surface area contributed by atoms with Crippen molar-refractivity contribution in [2.75, 3.05) is 0 Å². The van der Waals surface area contributed by atoms with Crippen molar-refractivity contribution < 1.29 is 4.42 Å². The second-order valence-electron chi connectivity index (χ2n) is 3.68. The molecule has 0 N–H and O–H groups in total. The lowest BCUT2D eigenvalue weighted by molar-refractivity contribution is 0.664. The lowest BCUT2D eigenvalue weighted by atomic mass is 10.1. The normalized spacial score (nSPS) is 11.6. The summed E-state index contributed by atoms with van der Waals surface area (Å²) in [4.78, 5) is 0. The van der Waals surface area contributed by atoms with Gasteiger partial charge in [0.1, 0.15) is 5.58 Å². The minimum atomic E-state index is 0.320. The molecule has 0 aliphatic rings. The molecule has 2 aromatic carbocycles. The number of rotatable bonds is 0. The van der Waals surface area contributed by atoms with Crippen molar-refractivity contribution in [2.45, 2.75) is 0 Å². The van der Waals surface area contributed by atoms with E-state index in [-0.39, 0.29) is 0 Å². The van der Waals surface area contributed by atoms with Gasteiger partial charge in [-0.25, -0.2) is 0 Å². The molecule has 1 heterocycles. The van der Waals surface area contributed by atoms with Gasteiger partial charge in [-0.05, 0) is 37.9 Å². The first-order valence-electron chi connectivity index (χ1n) is 4.85. The van der Waals surface area contributed by atoms with Crippen LogP contribution in [0.25, 0.3) is 21.9 Å². The molecular weight excluding hydrogens is 426 g/mol. The average Bonchev–Trinajstić information content (AvgIpc) is 2.75. The summed E-state index contributed by atoms with van der Waals surface area (Å²) in [5.74, 6) is 0. The number of halogens is 5. The van der Waals surface area contributed by atoms with Crippen LogP contribution in [-0.4, -0.2) is 0 Å². The summed E-state index contributed by atoms with van der Waals surface area (Å²) in [5, 5.41) is 2.72. The third-order valence-corrected chi connectivity index (χ3v) is 5.60. The predicted molar refractivity (Wildman–Crippen MR) is 84.2 cm³/mol. The van der Waals surface area contributed by atoms with Crippen LogP contribution < -0.4 is 0 Å². The number of benzene rings is 2. The van der Waals surface area contributed by atoms with Crippen molar-refractivity contribution in [1.82, 2.24) is 0 Å². The summed E-state index contributed by atoms with van der Waals surface area (Å²) in [6.07, 6.45) is 0. The molecule has 0 aliphatic heterocycles. The highest BCUT2D eigenvalue weighted by atomic mass is 79.9. The van der Waals surface area contributed by atoms with E-state index in [1.54, 1.807) is 0 Å². The van der Waals surface area contributed by atoms with Gasteiger partial charge in [0.15, 0.2) is 5.58 Å². The first-order chi connectivity index (χ1) is 8.52. The minimum absolute atomic E-state index is 0.320. The van der Waals surface area contributed by atoms with Gasteiger partial charge in [0.05, 0.1) is 24.0 Å². The number of fused-ring (bicyclic) bond motifs is 3. The summed E-state index contributed by atoms with van der Waals surface area (Å²) in [6, 6.07) is 5.73. The number of hydrogen-bond acceptors (Lipinski definition) is 1. The Labute approximate surface area is 134 Å². The highest BCUT2D eigenvalue weighted by molar-refractivity contribution is 9.11. The van der Waals surface area contributed by atoms with E-state index >= 15 is 0 Å². The van der Waals surface area contributed by atoms with Gasteiger partial charge in [-0.15, -0.1) is 0 Å². The van der Waals surface area contributed by atoms with Crippen LogP contribution in [0.15, 0.2) is 31.6 Å². The number of hydrogen-bond donors (Lipinski definition) is 0. The molecule has 3 rings (SSSR count). The van der Waals surface area contributed by atoms with Gasteiger partial charge in [-0.2, -0.15) is 0 Å². The molecule has 0 spiro atoms. The Morgan fingerprint density at radius 1 is 0.889 bits per heavy atom. The van der Waals surface area contributed by atoms with E-state index < -0.39 is 0 Å². The first-order valence-corrected chi connectivity index (χ1v) is 7.57. The van der Waals surface area contributed by atoms with Crippen LogP contribution in [0.4, 0.5) is 0 Å². The maximum Gasteiger partial charge on any atom is 0.152 e. The molecule has 0 atom stereocenters. The monoisotopic (exact) mass is 426 g/mol. The fourth-order valence-corrected chi connectivity index (χ4v) is 3.60. The molecule has 1 aromatic heterocycles. The van der Waals surface area contributed by atoms with E-state index in [0.29, 0.717) is 30.7 Å². The summed E-state index contributed by atoms with van der Waals surface area (Å²) in [7, 11) is 0. The van der Waals surface area contributed by atoms with Crippen molar-refractivity contribution >= 4 is 88.6 Å². The van der Waals surface area contributed by atoms with Crippen LogP contribution in [0.1, 0.15) is 0 Å². The molecule has 1 nitrogen and oxygen atoms in total. The van der Waals surface area contributed by atoms with Gasteiger partial charge in [-0.3, -0.25) is 0 Å². The Kier molecular flexibility index (Phi) is 3.32. The maximum absolute atomic E-state index is 6.26. The third kappa shape index (κ3) is 1.72. The van der Waals surface area contributed by atoms with Gasteiger partial charge in [0.2, 0.25) is 0 Å². The van der Waals surface area contributed by atoms with Crippen molar-refractivity contribution in [3.8, 4) is 0 Å². The van der Waals surface area contributed by atoms with Crippen LogP contribution in [0.5, 0.6) is 0 Å². The number of furan rings is 1. The zero-order chi connectivity index (χ0) is 13.0. The van der Waals surface area contributed by atoms with Crippen molar-refractivity contribution in [3.63, 3.8) is 0 Å².